The van der Waals surface area contributed by atoms with E-state index in [1.165, 1.54) is 58.2 Å². The molecule has 1 aromatic rings. The Morgan fingerprint density at radius 1 is 1.21 bits per heavy atom. The molecule has 1 heteroatoms. The van der Waals surface area contributed by atoms with E-state index in [9.17, 15) is 0 Å². The number of likely N-dealkylation sites (tertiary alicyclic amines) is 1. The third-order valence-electron chi connectivity index (χ3n) is 5.12. The average Bonchev–Trinajstić information content (AvgIpc) is 2.64. The van der Waals surface area contributed by atoms with E-state index in [0.717, 1.165) is 11.8 Å². The highest BCUT2D eigenvalue weighted by atomic mass is 15.1. The van der Waals surface area contributed by atoms with Crippen LogP contribution in [0.4, 0.5) is 0 Å². The maximum Gasteiger partial charge on any atom is 0.00155 e. The van der Waals surface area contributed by atoms with E-state index in [2.05, 4.69) is 36.1 Å². The monoisotopic (exact) mass is 257 g/mol. The Balaban J connectivity index is 1.74. The summed E-state index contributed by atoms with van der Waals surface area (Å²) in [6.45, 7) is 6.28. The predicted molar refractivity (Wildman–Crippen MR) is 81.6 cm³/mol. The molecule has 0 N–H and O–H groups in total. The molecule has 0 bridgehead atoms. The van der Waals surface area contributed by atoms with Gasteiger partial charge in [-0.15, -0.1) is 0 Å². The summed E-state index contributed by atoms with van der Waals surface area (Å²) in [5.74, 6) is 1.76. The van der Waals surface area contributed by atoms with Crippen molar-refractivity contribution in [2.24, 2.45) is 5.92 Å². The zero-order valence-corrected chi connectivity index (χ0v) is 12.3. The molecular formula is C18H27N. The van der Waals surface area contributed by atoms with Crippen LogP contribution in [0.25, 0.3) is 0 Å². The van der Waals surface area contributed by atoms with Crippen molar-refractivity contribution in [3.05, 3.63) is 35.4 Å². The van der Waals surface area contributed by atoms with Crippen molar-refractivity contribution >= 4 is 0 Å². The Morgan fingerprint density at radius 3 is 3.00 bits per heavy atom. The normalized spacial score (nSPS) is 27.4. The first kappa shape index (κ1) is 13.2. The van der Waals surface area contributed by atoms with E-state index in [0.29, 0.717) is 0 Å². The second kappa shape index (κ2) is 6.09. The highest BCUT2D eigenvalue weighted by Gasteiger charge is 2.32. The van der Waals surface area contributed by atoms with Gasteiger partial charge >= 0.3 is 0 Å². The SMILES string of the molecule is CCCCN1CC[C@H]2c3ccccc3CCC[C@H]2C1. The van der Waals surface area contributed by atoms with Crippen molar-refractivity contribution < 1.29 is 0 Å². The summed E-state index contributed by atoms with van der Waals surface area (Å²) in [7, 11) is 0. The van der Waals surface area contributed by atoms with Gasteiger partial charge in [-0.05, 0) is 68.2 Å². The molecule has 0 spiro atoms. The lowest BCUT2D eigenvalue weighted by atomic mass is 9.79. The first-order valence-electron chi connectivity index (χ1n) is 8.18. The van der Waals surface area contributed by atoms with Crippen LogP contribution in [0, 0.1) is 5.92 Å². The summed E-state index contributed by atoms with van der Waals surface area (Å²) < 4.78 is 0. The van der Waals surface area contributed by atoms with Crippen LogP contribution in [0.1, 0.15) is 56.1 Å². The molecule has 0 amide bonds. The van der Waals surface area contributed by atoms with E-state index in [1.807, 2.05) is 0 Å². The van der Waals surface area contributed by atoms with Gasteiger partial charge in [0.05, 0.1) is 0 Å². The molecular weight excluding hydrogens is 230 g/mol. The van der Waals surface area contributed by atoms with Crippen molar-refractivity contribution in [1.82, 2.24) is 4.90 Å². The van der Waals surface area contributed by atoms with Crippen LogP contribution < -0.4 is 0 Å². The van der Waals surface area contributed by atoms with Gasteiger partial charge in [0, 0.05) is 6.54 Å². The Bertz CT molecular complexity index is 412. The van der Waals surface area contributed by atoms with Crippen LogP contribution >= 0.6 is 0 Å². The quantitative estimate of drug-likeness (QED) is 0.783. The zero-order chi connectivity index (χ0) is 13.1. The molecule has 0 radical (unpaired) electrons. The summed E-state index contributed by atoms with van der Waals surface area (Å²) in [6.07, 6.45) is 8.20. The molecule has 3 rings (SSSR count). The summed E-state index contributed by atoms with van der Waals surface area (Å²) in [6, 6.07) is 9.22. The molecule has 104 valence electrons. The van der Waals surface area contributed by atoms with Crippen molar-refractivity contribution in [3.8, 4) is 0 Å². The van der Waals surface area contributed by atoms with E-state index in [1.54, 1.807) is 11.1 Å². The Kier molecular flexibility index (Phi) is 4.22. The molecule has 0 aromatic heterocycles. The van der Waals surface area contributed by atoms with Crippen LogP contribution in [0.3, 0.4) is 0 Å². The standard InChI is InChI=1S/C18H27N/c1-2-3-12-19-13-11-18-16(14-19)9-6-8-15-7-4-5-10-17(15)18/h4-5,7,10,16,18H,2-3,6,8-9,11-14H2,1H3/t16-,18+/m0/s1. The molecule has 1 aromatic carbocycles. The number of nitrogens with zero attached hydrogens (tertiary/aromatic N) is 1. The molecule has 0 saturated carbocycles. The second-order valence-corrected chi connectivity index (χ2v) is 6.40. The molecule has 2 aliphatic rings. The molecule has 1 nitrogen and oxygen atoms in total. The van der Waals surface area contributed by atoms with Crippen molar-refractivity contribution in [2.75, 3.05) is 19.6 Å². The number of aryl methyl sites for hydroxylation is 1. The zero-order valence-electron chi connectivity index (χ0n) is 12.3. The summed E-state index contributed by atoms with van der Waals surface area (Å²) >= 11 is 0. The molecule has 1 fully saturated rings. The van der Waals surface area contributed by atoms with Crippen molar-refractivity contribution in [3.63, 3.8) is 0 Å². The van der Waals surface area contributed by atoms with E-state index >= 15 is 0 Å². The summed E-state index contributed by atoms with van der Waals surface area (Å²) in [4.78, 5) is 2.72. The van der Waals surface area contributed by atoms with Crippen LogP contribution in [-0.2, 0) is 6.42 Å². The molecule has 1 heterocycles. The van der Waals surface area contributed by atoms with Gasteiger partial charge in [0.1, 0.15) is 0 Å². The fourth-order valence-corrected chi connectivity index (χ4v) is 4.07. The third-order valence-corrected chi connectivity index (χ3v) is 5.12. The highest BCUT2D eigenvalue weighted by Crippen LogP contribution is 2.40. The van der Waals surface area contributed by atoms with E-state index in [4.69, 9.17) is 0 Å². The smallest absolute Gasteiger partial charge is 0.00155 e. The lowest BCUT2D eigenvalue weighted by Crippen LogP contribution is -2.39. The molecule has 1 aliphatic carbocycles. The van der Waals surface area contributed by atoms with Gasteiger partial charge < -0.3 is 4.90 Å². The first-order chi connectivity index (χ1) is 9.38. The first-order valence-corrected chi connectivity index (χ1v) is 8.18. The molecule has 2 atom stereocenters. The number of rotatable bonds is 3. The van der Waals surface area contributed by atoms with Gasteiger partial charge in [-0.25, -0.2) is 0 Å². The maximum atomic E-state index is 2.72. The van der Waals surface area contributed by atoms with Gasteiger partial charge in [0.25, 0.3) is 0 Å². The van der Waals surface area contributed by atoms with E-state index < -0.39 is 0 Å². The van der Waals surface area contributed by atoms with Gasteiger partial charge in [0.2, 0.25) is 0 Å². The Labute approximate surface area is 118 Å². The van der Waals surface area contributed by atoms with Gasteiger partial charge in [-0.1, -0.05) is 37.6 Å². The largest absolute Gasteiger partial charge is 0.303 e. The van der Waals surface area contributed by atoms with Crippen LogP contribution in [0.2, 0.25) is 0 Å². The molecule has 1 saturated heterocycles. The van der Waals surface area contributed by atoms with E-state index in [-0.39, 0.29) is 0 Å². The Morgan fingerprint density at radius 2 is 2.11 bits per heavy atom. The Hall–Kier alpha value is -0.820. The molecule has 1 aliphatic heterocycles. The van der Waals surface area contributed by atoms with Crippen LogP contribution in [0.5, 0.6) is 0 Å². The lowest BCUT2D eigenvalue weighted by molar-refractivity contribution is 0.146. The fourth-order valence-electron chi connectivity index (χ4n) is 4.07. The average molecular weight is 257 g/mol. The maximum absolute atomic E-state index is 2.72. The molecule has 19 heavy (non-hydrogen) atoms. The number of piperidine rings is 1. The van der Waals surface area contributed by atoms with Gasteiger partial charge in [-0.3, -0.25) is 0 Å². The second-order valence-electron chi connectivity index (χ2n) is 6.40. The minimum Gasteiger partial charge on any atom is -0.303 e. The van der Waals surface area contributed by atoms with Crippen molar-refractivity contribution in [1.29, 1.82) is 0 Å². The van der Waals surface area contributed by atoms with Gasteiger partial charge in [0.15, 0.2) is 0 Å². The number of benzene rings is 1. The van der Waals surface area contributed by atoms with Crippen LogP contribution in [0.15, 0.2) is 24.3 Å². The summed E-state index contributed by atoms with van der Waals surface area (Å²) in [5.41, 5.74) is 3.32. The summed E-state index contributed by atoms with van der Waals surface area (Å²) in [5, 5.41) is 0. The van der Waals surface area contributed by atoms with Gasteiger partial charge in [-0.2, -0.15) is 0 Å². The topological polar surface area (TPSA) is 3.24 Å². The predicted octanol–water partition coefficient (Wildman–Crippen LogP) is 4.23. The highest BCUT2D eigenvalue weighted by molar-refractivity contribution is 5.32. The molecule has 0 unspecified atom stereocenters. The third kappa shape index (κ3) is 2.86. The number of unbranched alkanes of at least 4 members (excludes halogenated alkanes) is 1. The number of fused-ring (bicyclic) bond motifs is 3. The number of hydrogen-bond acceptors (Lipinski definition) is 1. The minimum absolute atomic E-state index is 0.844. The fraction of sp³-hybridized carbons (Fsp3) is 0.667. The van der Waals surface area contributed by atoms with Crippen molar-refractivity contribution in [2.45, 2.75) is 51.4 Å². The minimum atomic E-state index is 0.844. The van der Waals surface area contributed by atoms with Crippen LogP contribution in [-0.4, -0.2) is 24.5 Å². The number of hydrogen-bond donors (Lipinski definition) is 0. The lowest BCUT2D eigenvalue weighted by Gasteiger charge is -2.38.